The molecule has 0 radical (unpaired) electrons. The number of rotatable bonds is 5. The van der Waals surface area contributed by atoms with E-state index in [0.717, 1.165) is 5.69 Å². The predicted octanol–water partition coefficient (Wildman–Crippen LogP) is 0.676. The summed E-state index contributed by atoms with van der Waals surface area (Å²) < 4.78 is 0. The van der Waals surface area contributed by atoms with Crippen LogP contribution in [0.3, 0.4) is 0 Å². The molecule has 5 heteroatoms. The number of carbonyl (C=O) groups excluding carboxylic acids is 2. The average Bonchev–Trinajstić information content (AvgIpc) is 2.34. The molecular weight excluding hydrogens is 218 g/mol. The molecule has 1 rings (SSSR count). The molecule has 0 aliphatic heterocycles. The van der Waals surface area contributed by atoms with Gasteiger partial charge in [-0.25, -0.2) is 0 Å². The van der Waals surface area contributed by atoms with E-state index in [9.17, 15) is 9.59 Å². The Morgan fingerprint density at radius 3 is 2.53 bits per heavy atom. The molecule has 0 spiro atoms. The van der Waals surface area contributed by atoms with Crippen molar-refractivity contribution < 1.29 is 9.59 Å². The van der Waals surface area contributed by atoms with Crippen molar-refractivity contribution in [2.24, 2.45) is 5.73 Å². The summed E-state index contributed by atoms with van der Waals surface area (Å²) in [6, 6.07) is 7.16. The van der Waals surface area contributed by atoms with E-state index in [1.165, 1.54) is 4.90 Å². The summed E-state index contributed by atoms with van der Waals surface area (Å²) in [5, 5.41) is 2.95. The molecular formula is C12H17N3O2. The Bertz CT molecular complexity index is 418. The smallest absolute Gasteiger partial charge is 0.256 e. The van der Waals surface area contributed by atoms with Crippen LogP contribution in [0.25, 0.3) is 0 Å². The number of benzene rings is 1. The third-order valence-corrected chi connectivity index (χ3v) is 2.44. The molecule has 0 saturated heterocycles. The van der Waals surface area contributed by atoms with E-state index in [4.69, 9.17) is 5.73 Å². The first-order valence-corrected chi connectivity index (χ1v) is 5.44. The van der Waals surface area contributed by atoms with Gasteiger partial charge in [0.1, 0.15) is 0 Å². The SMILES string of the molecule is CCN(CC(N)=O)C(=O)c1ccccc1NC. The molecule has 0 aliphatic carbocycles. The van der Waals surface area contributed by atoms with Crippen LogP contribution < -0.4 is 11.1 Å². The first-order chi connectivity index (χ1) is 8.10. The van der Waals surface area contributed by atoms with Crippen molar-refractivity contribution in [1.29, 1.82) is 0 Å². The number of carbonyl (C=O) groups is 2. The second-order valence-corrected chi connectivity index (χ2v) is 3.58. The van der Waals surface area contributed by atoms with E-state index in [0.29, 0.717) is 12.1 Å². The van der Waals surface area contributed by atoms with E-state index in [1.54, 1.807) is 19.2 Å². The standard InChI is InChI=1S/C12H17N3O2/c1-3-15(8-11(13)16)12(17)9-6-4-5-7-10(9)14-2/h4-7,14H,3,8H2,1-2H3,(H2,13,16). The minimum Gasteiger partial charge on any atom is -0.387 e. The summed E-state index contributed by atoms with van der Waals surface area (Å²) >= 11 is 0. The molecule has 0 fully saturated rings. The van der Waals surface area contributed by atoms with Crippen LogP contribution in [0.15, 0.2) is 24.3 Å². The fraction of sp³-hybridized carbons (Fsp3) is 0.333. The lowest BCUT2D eigenvalue weighted by Gasteiger charge is -2.20. The first kappa shape index (κ1) is 13.0. The Morgan fingerprint density at radius 1 is 1.35 bits per heavy atom. The van der Waals surface area contributed by atoms with E-state index < -0.39 is 5.91 Å². The maximum atomic E-state index is 12.2. The molecule has 3 N–H and O–H groups in total. The van der Waals surface area contributed by atoms with Gasteiger partial charge in [-0.15, -0.1) is 0 Å². The number of para-hydroxylation sites is 1. The largest absolute Gasteiger partial charge is 0.387 e. The highest BCUT2D eigenvalue weighted by Crippen LogP contribution is 2.16. The fourth-order valence-corrected chi connectivity index (χ4v) is 1.57. The maximum Gasteiger partial charge on any atom is 0.256 e. The van der Waals surface area contributed by atoms with Crippen molar-refractivity contribution in [2.75, 3.05) is 25.5 Å². The average molecular weight is 235 g/mol. The molecule has 0 heterocycles. The van der Waals surface area contributed by atoms with Gasteiger partial charge < -0.3 is 16.0 Å². The van der Waals surface area contributed by atoms with Crippen molar-refractivity contribution in [2.45, 2.75) is 6.92 Å². The molecule has 17 heavy (non-hydrogen) atoms. The molecule has 0 aromatic heterocycles. The third-order valence-electron chi connectivity index (χ3n) is 2.44. The quantitative estimate of drug-likeness (QED) is 0.787. The van der Waals surface area contributed by atoms with Crippen molar-refractivity contribution >= 4 is 17.5 Å². The lowest BCUT2D eigenvalue weighted by Crippen LogP contribution is -2.38. The van der Waals surface area contributed by atoms with Gasteiger partial charge in [-0.3, -0.25) is 9.59 Å². The lowest BCUT2D eigenvalue weighted by molar-refractivity contribution is -0.118. The summed E-state index contributed by atoms with van der Waals surface area (Å²) in [7, 11) is 1.75. The maximum absolute atomic E-state index is 12.2. The highest BCUT2D eigenvalue weighted by Gasteiger charge is 2.18. The van der Waals surface area contributed by atoms with Crippen LogP contribution in [0, 0.1) is 0 Å². The minimum atomic E-state index is -0.512. The second-order valence-electron chi connectivity index (χ2n) is 3.58. The number of nitrogens with zero attached hydrogens (tertiary/aromatic N) is 1. The number of amides is 2. The molecule has 92 valence electrons. The van der Waals surface area contributed by atoms with E-state index in [1.807, 2.05) is 19.1 Å². The highest BCUT2D eigenvalue weighted by atomic mass is 16.2. The Hall–Kier alpha value is -2.04. The van der Waals surface area contributed by atoms with Gasteiger partial charge in [0.25, 0.3) is 5.91 Å². The molecule has 0 unspecified atom stereocenters. The molecule has 0 bridgehead atoms. The minimum absolute atomic E-state index is 0.0621. The number of hydrogen-bond donors (Lipinski definition) is 2. The monoisotopic (exact) mass is 235 g/mol. The summed E-state index contributed by atoms with van der Waals surface area (Å²) in [5.41, 5.74) is 6.38. The molecule has 5 nitrogen and oxygen atoms in total. The number of nitrogens with two attached hydrogens (primary N) is 1. The Labute approximate surface area is 101 Å². The molecule has 0 atom stereocenters. The van der Waals surface area contributed by atoms with Crippen LogP contribution in [0.4, 0.5) is 5.69 Å². The van der Waals surface area contributed by atoms with E-state index in [-0.39, 0.29) is 12.5 Å². The summed E-state index contributed by atoms with van der Waals surface area (Å²) in [4.78, 5) is 24.5. The highest BCUT2D eigenvalue weighted by molar-refractivity contribution is 6.00. The Kier molecular flexibility index (Phi) is 4.51. The summed E-state index contributed by atoms with van der Waals surface area (Å²) in [5.74, 6) is -0.710. The number of hydrogen-bond acceptors (Lipinski definition) is 3. The summed E-state index contributed by atoms with van der Waals surface area (Å²) in [6.45, 7) is 2.19. The summed E-state index contributed by atoms with van der Waals surface area (Å²) in [6.07, 6.45) is 0. The molecule has 1 aromatic rings. The zero-order valence-electron chi connectivity index (χ0n) is 10.1. The number of likely N-dealkylation sites (N-methyl/N-ethyl adjacent to an activating group) is 1. The normalized spacial score (nSPS) is 9.76. The molecule has 2 amide bonds. The van der Waals surface area contributed by atoms with Crippen molar-refractivity contribution in [3.63, 3.8) is 0 Å². The number of nitrogens with one attached hydrogen (secondary N) is 1. The van der Waals surface area contributed by atoms with Gasteiger partial charge in [-0.2, -0.15) is 0 Å². The van der Waals surface area contributed by atoms with Gasteiger partial charge in [0.15, 0.2) is 0 Å². The van der Waals surface area contributed by atoms with Gasteiger partial charge in [0, 0.05) is 19.3 Å². The van der Waals surface area contributed by atoms with Crippen molar-refractivity contribution in [3.8, 4) is 0 Å². The van der Waals surface area contributed by atoms with Crippen LogP contribution in [-0.4, -0.2) is 36.9 Å². The molecule has 0 saturated carbocycles. The van der Waals surface area contributed by atoms with Gasteiger partial charge in [0.2, 0.25) is 5.91 Å². The lowest BCUT2D eigenvalue weighted by atomic mass is 10.1. The van der Waals surface area contributed by atoms with Crippen LogP contribution in [0.1, 0.15) is 17.3 Å². The van der Waals surface area contributed by atoms with Crippen LogP contribution in [-0.2, 0) is 4.79 Å². The zero-order chi connectivity index (χ0) is 12.8. The Balaban J connectivity index is 2.97. The molecule has 0 aliphatic rings. The third kappa shape index (κ3) is 3.21. The topological polar surface area (TPSA) is 75.4 Å². The first-order valence-electron chi connectivity index (χ1n) is 5.44. The van der Waals surface area contributed by atoms with Crippen molar-refractivity contribution in [1.82, 2.24) is 4.90 Å². The second kappa shape index (κ2) is 5.89. The van der Waals surface area contributed by atoms with Crippen molar-refractivity contribution in [3.05, 3.63) is 29.8 Å². The van der Waals surface area contributed by atoms with Gasteiger partial charge in [-0.1, -0.05) is 12.1 Å². The van der Waals surface area contributed by atoms with Gasteiger partial charge >= 0.3 is 0 Å². The number of anilines is 1. The Morgan fingerprint density at radius 2 is 2.00 bits per heavy atom. The van der Waals surface area contributed by atoms with Gasteiger partial charge in [-0.05, 0) is 19.1 Å². The van der Waals surface area contributed by atoms with E-state index in [2.05, 4.69) is 5.32 Å². The van der Waals surface area contributed by atoms with Crippen LogP contribution in [0.5, 0.6) is 0 Å². The zero-order valence-corrected chi connectivity index (χ0v) is 10.1. The van der Waals surface area contributed by atoms with E-state index >= 15 is 0 Å². The predicted molar refractivity (Wildman–Crippen MR) is 66.8 cm³/mol. The molecule has 1 aromatic carbocycles. The van der Waals surface area contributed by atoms with Gasteiger partial charge in [0.05, 0.1) is 12.1 Å². The van der Waals surface area contributed by atoms with Crippen LogP contribution in [0.2, 0.25) is 0 Å². The number of primary amides is 1. The fourth-order valence-electron chi connectivity index (χ4n) is 1.57. The van der Waals surface area contributed by atoms with Crippen LogP contribution >= 0.6 is 0 Å².